The van der Waals surface area contributed by atoms with Crippen LogP contribution in [0.3, 0.4) is 0 Å². The van der Waals surface area contributed by atoms with Gasteiger partial charge in [0.25, 0.3) is 5.91 Å². The molecule has 0 saturated carbocycles. The highest BCUT2D eigenvalue weighted by atomic mass is 32.2. The van der Waals surface area contributed by atoms with E-state index in [-0.39, 0.29) is 10.5 Å². The van der Waals surface area contributed by atoms with E-state index in [9.17, 15) is 13.2 Å². The molecular formula is C21H16N2O3S2. The summed E-state index contributed by atoms with van der Waals surface area (Å²) in [6, 6.07) is 21.4. The fourth-order valence-electron chi connectivity index (χ4n) is 2.93. The molecule has 1 amide bonds. The predicted molar refractivity (Wildman–Crippen MR) is 113 cm³/mol. The first kappa shape index (κ1) is 18.3. The molecule has 0 aliphatic rings. The molecule has 0 aliphatic heterocycles. The average Bonchev–Trinajstić information content (AvgIpc) is 3.12. The number of carbonyl (C=O) groups is 1. The highest BCUT2D eigenvalue weighted by Crippen LogP contribution is 2.34. The van der Waals surface area contributed by atoms with Crippen LogP contribution in [0.4, 0.5) is 5.69 Å². The third-order valence-corrected chi connectivity index (χ3v) is 6.46. The minimum atomic E-state index is -3.52. The van der Waals surface area contributed by atoms with Gasteiger partial charge >= 0.3 is 0 Å². The summed E-state index contributed by atoms with van der Waals surface area (Å²) >= 11 is 1.54. The van der Waals surface area contributed by atoms with E-state index in [0.717, 1.165) is 27.0 Å². The van der Waals surface area contributed by atoms with Gasteiger partial charge in [-0.1, -0.05) is 36.4 Å². The largest absolute Gasteiger partial charge is 0.321 e. The van der Waals surface area contributed by atoms with Gasteiger partial charge in [0, 0.05) is 11.8 Å². The fourth-order valence-corrected chi connectivity index (χ4v) is 4.82. The molecule has 0 fully saturated rings. The number of carbonyl (C=O) groups excluding carboxylic acids is 1. The SMILES string of the molecule is CS(=O)(=O)c1ccccc1C(=O)Nc1ccccc1-c1nc2ccccc2s1. The van der Waals surface area contributed by atoms with Gasteiger partial charge in [0.15, 0.2) is 9.84 Å². The second-order valence-corrected chi connectivity index (χ2v) is 9.27. The smallest absolute Gasteiger partial charge is 0.257 e. The van der Waals surface area contributed by atoms with Gasteiger partial charge in [0.05, 0.1) is 26.4 Å². The van der Waals surface area contributed by atoms with Crippen LogP contribution in [0.25, 0.3) is 20.8 Å². The van der Waals surface area contributed by atoms with Gasteiger partial charge in [-0.25, -0.2) is 13.4 Å². The molecule has 4 rings (SSSR count). The molecule has 5 nitrogen and oxygen atoms in total. The number of amides is 1. The van der Waals surface area contributed by atoms with Crippen LogP contribution in [0.5, 0.6) is 0 Å². The molecule has 0 saturated heterocycles. The van der Waals surface area contributed by atoms with E-state index in [1.165, 1.54) is 23.5 Å². The standard InChI is InChI=1S/C21H16N2O3S2/c1-28(25,26)19-13-7-3-9-15(19)20(24)22-16-10-4-2-8-14(16)21-23-17-11-5-6-12-18(17)27-21/h2-13H,1H3,(H,22,24). The first-order chi connectivity index (χ1) is 13.4. The molecule has 0 radical (unpaired) electrons. The molecular weight excluding hydrogens is 392 g/mol. The first-order valence-corrected chi connectivity index (χ1v) is 11.2. The van der Waals surface area contributed by atoms with Gasteiger partial charge < -0.3 is 5.32 Å². The van der Waals surface area contributed by atoms with Crippen molar-refractivity contribution in [1.82, 2.24) is 4.98 Å². The van der Waals surface area contributed by atoms with Crippen LogP contribution in [0, 0.1) is 0 Å². The number of thiazole rings is 1. The van der Waals surface area contributed by atoms with Crippen LogP contribution in [0.15, 0.2) is 77.7 Å². The topological polar surface area (TPSA) is 76.1 Å². The lowest BCUT2D eigenvalue weighted by atomic mass is 10.1. The summed E-state index contributed by atoms with van der Waals surface area (Å²) in [7, 11) is -3.52. The van der Waals surface area contributed by atoms with Crippen molar-refractivity contribution in [2.75, 3.05) is 11.6 Å². The maximum atomic E-state index is 12.8. The van der Waals surface area contributed by atoms with Gasteiger partial charge in [-0.05, 0) is 36.4 Å². The lowest BCUT2D eigenvalue weighted by Gasteiger charge is -2.11. The molecule has 1 heterocycles. The zero-order valence-electron chi connectivity index (χ0n) is 14.9. The maximum Gasteiger partial charge on any atom is 0.257 e. The second kappa shape index (κ2) is 7.18. The molecule has 140 valence electrons. The summed E-state index contributed by atoms with van der Waals surface area (Å²) in [5.74, 6) is -0.477. The van der Waals surface area contributed by atoms with E-state index < -0.39 is 15.7 Å². The summed E-state index contributed by atoms with van der Waals surface area (Å²) in [5.41, 5.74) is 2.37. The zero-order chi connectivity index (χ0) is 19.7. The van der Waals surface area contributed by atoms with Crippen LogP contribution >= 0.6 is 11.3 Å². The van der Waals surface area contributed by atoms with Crippen molar-refractivity contribution in [3.8, 4) is 10.6 Å². The van der Waals surface area contributed by atoms with E-state index >= 15 is 0 Å². The third kappa shape index (κ3) is 3.54. The molecule has 0 bridgehead atoms. The first-order valence-electron chi connectivity index (χ1n) is 8.49. The Labute approximate surface area is 166 Å². The molecule has 0 atom stereocenters. The highest BCUT2D eigenvalue weighted by molar-refractivity contribution is 7.90. The maximum absolute atomic E-state index is 12.8. The van der Waals surface area contributed by atoms with Crippen molar-refractivity contribution in [2.24, 2.45) is 0 Å². The Bertz CT molecular complexity index is 1260. The molecule has 7 heteroatoms. The summed E-state index contributed by atoms with van der Waals surface area (Å²) in [4.78, 5) is 17.5. The number of benzene rings is 3. The molecule has 28 heavy (non-hydrogen) atoms. The van der Waals surface area contributed by atoms with Crippen molar-refractivity contribution < 1.29 is 13.2 Å². The number of hydrogen-bond acceptors (Lipinski definition) is 5. The van der Waals surface area contributed by atoms with Crippen molar-refractivity contribution in [3.05, 3.63) is 78.4 Å². The Balaban J connectivity index is 1.73. The van der Waals surface area contributed by atoms with Crippen LogP contribution in [0.1, 0.15) is 10.4 Å². The van der Waals surface area contributed by atoms with E-state index in [1.807, 2.05) is 42.5 Å². The minimum Gasteiger partial charge on any atom is -0.321 e. The molecule has 0 aliphatic carbocycles. The van der Waals surface area contributed by atoms with Gasteiger partial charge in [0.2, 0.25) is 0 Å². The number of nitrogens with zero attached hydrogens (tertiary/aromatic N) is 1. The Hall–Kier alpha value is -3.03. The van der Waals surface area contributed by atoms with Crippen LogP contribution in [-0.2, 0) is 9.84 Å². The van der Waals surface area contributed by atoms with Crippen LogP contribution in [-0.4, -0.2) is 25.6 Å². The van der Waals surface area contributed by atoms with Crippen molar-refractivity contribution in [2.45, 2.75) is 4.90 Å². The van der Waals surface area contributed by atoms with Gasteiger partial charge in [-0.3, -0.25) is 4.79 Å². The lowest BCUT2D eigenvalue weighted by molar-refractivity contribution is 0.102. The number of aromatic nitrogens is 1. The zero-order valence-corrected chi connectivity index (χ0v) is 16.5. The van der Waals surface area contributed by atoms with Gasteiger partial charge in [0.1, 0.15) is 5.01 Å². The molecule has 0 unspecified atom stereocenters. The normalized spacial score (nSPS) is 11.5. The van der Waals surface area contributed by atoms with Gasteiger partial charge in [-0.15, -0.1) is 11.3 Å². The number of fused-ring (bicyclic) bond motifs is 1. The number of para-hydroxylation sites is 2. The molecule has 4 aromatic rings. The number of rotatable bonds is 4. The Morgan fingerprint density at radius 1 is 0.929 bits per heavy atom. The minimum absolute atomic E-state index is 0.00460. The number of hydrogen-bond donors (Lipinski definition) is 1. The summed E-state index contributed by atoms with van der Waals surface area (Å²) in [5, 5.41) is 3.63. The van der Waals surface area contributed by atoms with E-state index in [4.69, 9.17) is 0 Å². The van der Waals surface area contributed by atoms with Crippen molar-refractivity contribution in [1.29, 1.82) is 0 Å². The molecule has 0 spiro atoms. The molecule has 3 aromatic carbocycles. The van der Waals surface area contributed by atoms with Crippen molar-refractivity contribution >= 4 is 43.0 Å². The highest BCUT2D eigenvalue weighted by Gasteiger charge is 2.19. The molecule has 1 aromatic heterocycles. The van der Waals surface area contributed by atoms with Gasteiger partial charge in [-0.2, -0.15) is 0 Å². The van der Waals surface area contributed by atoms with Crippen molar-refractivity contribution in [3.63, 3.8) is 0 Å². The Kier molecular flexibility index (Phi) is 4.70. The Morgan fingerprint density at radius 3 is 2.39 bits per heavy atom. The Morgan fingerprint density at radius 2 is 1.61 bits per heavy atom. The average molecular weight is 409 g/mol. The summed E-state index contributed by atoms with van der Waals surface area (Å²) in [6.45, 7) is 0. The molecule has 1 N–H and O–H groups in total. The number of sulfone groups is 1. The van der Waals surface area contributed by atoms with Crippen LogP contribution < -0.4 is 5.32 Å². The van der Waals surface area contributed by atoms with Crippen LogP contribution in [0.2, 0.25) is 0 Å². The number of nitrogens with one attached hydrogen (secondary N) is 1. The predicted octanol–water partition coefficient (Wildman–Crippen LogP) is 4.62. The fraction of sp³-hybridized carbons (Fsp3) is 0.0476. The van der Waals surface area contributed by atoms with E-state index in [1.54, 1.807) is 18.2 Å². The number of anilines is 1. The van der Waals surface area contributed by atoms with E-state index in [2.05, 4.69) is 10.3 Å². The summed E-state index contributed by atoms with van der Waals surface area (Å²) < 4.78 is 25.1. The summed E-state index contributed by atoms with van der Waals surface area (Å²) in [6.07, 6.45) is 1.09. The van der Waals surface area contributed by atoms with E-state index in [0.29, 0.717) is 5.69 Å². The second-order valence-electron chi connectivity index (χ2n) is 6.25. The third-order valence-electron chi connectivity index (χ3n) is 4.23. The lowest BCUT2D eigenvalue weighted by Crippen LogP contribution is -2.16. The quantitative estimate of drug-likeness (QED) is 0.535. The monoisotopic (exact) mass is 408 g/mol.